The zero-order valence-electron chi connectivity index (χ0n) is 9.50. The fourth-order valence-electron chi connectivity index (χ4n) is 1.43. The summed E-state index contributed by atoms with van der Waals surface area (Å²) in [6, 6.07) is -0.187. The van der Waals surface area contributed by atoms with Crippen molar-refractivity contribution in [1.29, 1.82) is 0 Å². The molecule has 1 unspecified atom stereocenters. The standard InChI is InChI=1S/C11H22N2O2/c1-2-10(11(12)14)13-6-3-7-15-8-9-4-5-9/h9-10,13H,2-8H2,1H3,(H2,12,14). The molecule has 0 aromatic rings. The highest BCUT2D eigenvalue weighted by molar-refractivity contribution is 5.79. The van der Waals surface area contributed by atoms with E-state index in [1.165, 1.54) is 12.8 Å². The molecule has 88 valence electrons. The van der Waals surface area contributed by atoms with E-state index in [1.54, 1.807) is 0 Å². The Labute approximate surface area is 91.5 Å². The van der Waals surface area contributed by atoms with Crippen LogP contribution in [-0.4, -0.2) is 31.7 Å². The number of nitrogens with two attached hydrogens (primary N) is 1. The zero-order valence-corrected chi connectivity index (χ0v) is 9.50. The first-order valence-corrected chi connectivity index (χ1v) is 5.84. The van der Waals surface area contributed by atoms with Crippen LogP contribution in [0.2, 0.25) is 0 Å². The number of carbonyl (C=O) groups is 1. The molecule has 1 fully saturated rings. The molecule has 0 spiro atoms. The molecule has 15 heavy (non-hydrogen) atoms. The van der Waals surface area contributed by atoms with Gasteiger partial charge in [-0.3, -0.25) is 4.79 Å². The lowest BCUT2D eigenvalue weighted by Gasteiger charge is -2.12. The van der Waals surface area contributed by atoms with E-state index in [4.69, 9.17) is 10.5 Å². The predicted molar refractivity (Wildman–Crippen MR) is 59.4 cm³/mol. The van der Waals surface area contributed by atoms with Crippen LogP contribution in [0.15, 0.2) is 0 Å². The maximum Gasteiger partial charge on any atom is 0.234 e. The second kappa shape index (κ2) is 6.80. The van der Waals surface area contributed by atoms with Crippen molar-refractivity contribution < 1.29 is 9.53 Å². The molecule has 1 aliphatic rings. The molecule has 1 rings (SSSR count). The number of hydrogen-bond donors (Lipinski definition) is 2. The minimum absolute atomic E-state index is 0.187. The van der Waals surface area contributed by atoms with E-state index in [1.807, 2.05) is 6.92 Å². The van der Waals surface area contributed by atoms with Crippen LogP contribution in [0.1, 0.15) is 32.6 Å². The second-order valence-corrected chi connectivity index (χ2v) is 4.19. The summed E-state index contributed by atoms with van der Waals surface area (Å²) in [4.78, 5) is 10.9. The van der Waals surface area contributed by atoms with Crippen LogP contribution in [0.25, 0.3) is 0 Å². The van der Waals surface area contributed by atoms with Crippen LogP contribution in [-0.2, 0) is 9.53 Å². The van der Waals surface area contributed by atoms with Gasteiger partial charge in [0.2, 0.25) is 5.91 Å². The summed E-state index contributed by atoms with van der Waals surface area (Å²) in [7, 11) is 0. The number of rotatable bonds is 9. The van der Waals surface area contributed by atoms with Crippen LogP contribution in [0.3, 0.4) is 0 Å². The van der Waals surface area contributed by atoms with Crippen molar-refractivity contribution in [2.24, 2.45) is 11.7 Å². The summed E-state index contributed by atoms with van der Waals surface area (Å²) in [6.07, 6.45) is 4.35. The minimum atomic E-state index is -0.267. The minimum Gasteiger partial charge on any atom is -0.381 e. The number of primary amides is 1. The van der Waals surface area contributed by atoms with Crippen molar-refractivity contribution in [3.63, 3.8) is 0 Å². The molecule has 0 aromatic carbocycles. The number of hydrogen-bond acceptors (Lipinski definition) is 3. The van der Waals surface area contributed by atoms with Crippen molar-refractivity contribution in [2.45, 2.75) is 38.6 Å². The molecule has 0 heterocycles. The molecule has 1 saturated carbocycles. The summed E-state index contributed by atoms with van der Waals surface area (Å²) < 4.78 is 5.48. The van der Waals surface area contributed by atoms with E-state index in [2.05, 4.69) is 5.32 Å². The van der Waals surface area contributed by atoms with Crippen LogP contribution < -0.4 is 11.1 Å². The Morgan fingerprint density at radius 1 is 1.60 bits per heavy atom. The molecular formula is C11H22N2O2. The highest BCUT2D eigenvalue weighted by Crippen LogP contribution is 2.28. The monoisotopic (exact) mass is 214 g/mol. The Morgan fingerprint density at radius 3 is 2.87 bits per heavy atom. The van der Waals surface area contributed by atoms with Crippen molar-refractivity contribution >= 4 is 5.91 Å². The van der Waals surface area contributed by atoms with Gasteiger partial charge in [0.15, 0.2) is 0 Å². The lowest BCUT2D eigenvalue weighted by atomic mass is 10.2. The zero-order chi connectivity index (χ0) is 11.1. The first-order chi connectivity index (χ1) is 7.24. The van der Waals surface area contributed by atoms with E-state index in [0.29, 0.717) is 0 Å². The van der Waals surface area contributed by atoms with Gasteiger partial charge in [-0.1, -0.05) is 6.92 Å². The maximum atomic E-state index is 10.9. The summed E-state index contributed by atoms with van der Waals surface area (Å²) >= 11 is 0. The van der Waals surface area contributed by atoms with Crippen molar-refractivity contribution in [3.8, 4) is 0 Å². The number of carbonyl (C=O) groups excluding carboxylic acids is 1. The molecule has 4 heteroatoms. The van der Waals surface area contributed by atoms with E-state index in [9.17, 15) is 4.79 Å². The van der Waals surface area contributed by atoms with E-state index < -0.39 is 0 Å². The molecule has 0 aromatic heterocycles. The summed E-state index contributed by atoms with van der Waals surface area (Å²) in [5, 5.41) is 3.12. The smallest absolute Gasteiger partial charge is 0.234 e. The predicted octanol–water partition coefficient (Wildman–Crippen LogP) is 0.657. The molecule has 0 radical (unpaired) electrons. The lowest BCUT2D eigenvalue weighted by Crippen LogP contribution is -2.41. The van der Waals surface area contributed by atoms with Gasteiger partial charge in [0.1, 0.15) is 0 Å². The van der Waals surface area contributed by atoms with Gasteiger partial charge in [-0.15, -0.1) is 0 Å². The highest BCUT2D eigenvalue weighted by atomic mass is 16.5. The molecule has 0 bridgehead atoms. The third kappa shape index (κ3) is 5.74. The molecule has 1 aliphatic carbocycles. The van der Waals surface area contributed by atoms with Gasteiger partial charge in [-0.05, 0) is 38.1 Å². The Morgan fingerprint density at radius 2 is 2.33 bits per heavy atom. The summed E-state index contributed by atoms with van der Waals surface area (Å²) in [6.45, 7) is 4.43. The summed E-state index contributed by atoms with van der Waals surface area (Å²) in [5.74, 6) is 0.559. The Bertz CT molecular complexity index is 193. The topological polar surface area (TPSA) is 64.3 Å². The maximum absolute atomic E-state index is 10.9. The molecule has 3 N–H and O–H groups in total. The molecule has 0 saturated heterocycles. The van der Waals surface area contributed by atoms with Gasteiger partial charge in [-0.2, -0.15) is 0 Å². The Kier molecular flexibility index (Phi) is 5.65. The lowest BCUT2D eigenvalue weighted by molar-refractivity contribution is -0.120. The largest absolute Gasteiger partial charge is 0.381 e. The fraction of sp³-hybridized carbons (Fsp3) is 0.909. The number of amides is 1. The number of ether oxygens (including phenoxy) is 1. The Hall–Kier alpha value is -0.610. The van der Waals surface area contributed by atoms with Crippen molar-refractivity contribution in [3.05, 3.63) is 0 Å². The quantitative estimate of drug-likeness (QED) is 0.554. The van der Waals surface area contributed by atoms with E-state index >= 15 is 0 Å². The van der Waals surface area contributed by atoms with E-state index in [0.717, 1.165) is 38.5 Å². The average Bonchev–Trinajstić information content (AvgIpc) is 3.00. The van der Waals surface area contributed by atoms with Crippen molar-refractivity contribution in [1.82, 2.24) is 5.32 Å². The first-order valence-electron chi connectivity index (χ1n) is 5.84. The SMILES string of the molecule is CCC(NCCCOCC1CC1)C(N)=O. The Balaban J connectivity index is 1.87. The molecule has 0 aliphatic heterocycles. The third-order valence-corrected chi connectivity index (χ3v) is 2.66. The van der Waals surface area contributed by atoms with Gasteiger partial charge in [0, 0.05) is 13.2 Å². The van der Waals surface area contributed by atoms with Gasteiger partial charge in [-0.25, -0.2) is 0 Å². The third-order valence-electron chi connectivity index (χ3n) is 2.66. The second-order valence-electron chi connectivity index (χ2n) is 4.19. The molecule has 1 atom stereocenters. The number of nitrogens with one attached hydrogen (secondary N) is 1. The normalized spacial score (nSPS) is 17.7. The fourth-order valence-corrected chi connectivity index (χ4v) is 1.43. The van der Waals surface area contributed by atoms with Crippen LogP contribution in [0.5, 0.6) is 0 Å². The van der Waals surface area contributed by atoms with Crippen LogP contribution >= 0.6 is 0 Å². The van der Waals surface area contributed by atoms with Gasteiger partial charge in [0.25, 0.3) is 0 Å². The summed E-state index contributed by atoms with van der Waals surface area (Å²) in [5.41, 5.74) is 5.20. The van der Waals surface area contributed by atoms with Crippen molar-refractivity contribution in [2.75, 3.05) is 19.8 Å². The molecule has 4 nitrogen and oxygen atoms in total. The highest BCUT2D eigenvalue weighted by Gasteiger charge is 2.20. The van der Waals surface area contributed by atoms with Gasteiger partial charge < -0.3 is 15.8 Å². The van der Waals surface area contributed by atoms with E-state index in [-0.39, 0.29) is 11.9 Å². The van der Waals surface area contributed by atoms with Gasteiger partial charge in [0.05, 0.1) is 6.04 Å². The van der Waals surface area contributed by atoms with Crippen LogP contribution in [0.4, 0.5) is 0 Å². The van der Waals surface area contributed by atoms with Crippen LogP contribution in [0, 0.1) is 5.92 Å². The molecular weight excluding hydrogens is 192 g/mol. The first kappa shape index (κ1) is 12.5. The molecule has 1 amide bonds. The van der Waals surface area contributed by atoms with Gasteiger partial charge >= 0.3 is 0 Å². The average molecular weight is 214 g/mol.